The van der Waals surface area contributed by atoms with Crippen LogP contribution in [0.25, 0.3) is 0 Å². The SMILES string of the molecule is CN(/C=C(/C#N)C(=O)NC1CCCCCCCCCCC1)Cc1ccccc1. The Morgan fingerprint density at radius 3 is 2.11 bits per heavy atom. The molecule has 1 aliphatic rings. The molecule has 0 aromatic heterocycles. The van der Waals surface area contributed by atoms with Gasteiger partial charge in [0.2, 0.25) is 0 Å². The summed E-state index contributed by atoms with van der Waals surface area (Å²) >= 11 is 0. The normalized spacial score (nSPS) is 17.6. The summed E-state index contributed by atoms with van der Waals surface area (Å²) in [7, 11) is 1.90. The van der Waals surface area contributed by atoms with Gasteiger partial charge >= 0.3 is 0 Å². The molecule has 28 heavy (non-hydrogen) atoms. The van der Waals surface area contributed by atoms with Crippen molar-refractivity contribution in [1.82, 2.24) is 10.2 Å². The molecule has 0 atom stereocenters. The van der Waals surface area contributed by atoms with Gasteiger partial charge < -0.3 is 10.2 Å². The average molecular weight is 382 g/mol. The van der Waals surface area contributed by atoms with E-state index in [1.165, 1.54) is 44.9 Å². The molecule has 152 valence electrons. The van der Waals surface area contributed by atoms with E-state index in [1.807, 2.05) is 42.3 Å². The van der Waals surface area contributed by atoms with Crippen LogP contribution in [0, 0.1) is 11.3 Å². The highest BCUT2D eigenvalue weighted by Crippen LogP contribution is 2.17. The highest BCUT2D eigenvalue weighted by Gasteiger charge is 2.16. The summed E-state index contributed by atoms with van der Waals surface area (Å²) < 4.78 is 0. The van der Waals surface area contributed by atoms with E-state index in [2.05, 4.69) is 11.4 Å². The third-order valence-electron chi connectivity index (χ3n) is 5.43. The molecule has 4 heteroatoms. The Hall–Kier alpha value is -2.28. The molecule has 0 spiro atoms. The molecule has 1 fully saturated rings. The fraction of sp³-hybridized carbons (Fsp3) is 0.583. The van der Waals surface area contributed by atoms with E-state index in [-0.39, 0.29) is 17.5 Å². The molecule has 0 heterocycles. The first-order valence-electron chi connectivity index (χ1n) is 10.9. The van der Waals surface area contributed by atoms with Gasteiger partial charge in [-0.15, -0.1) is 0 Å². The molecule has 0 bridgehead atoms. The second-order valence-electron chi connectivity index (χ2n) is 7.99. The second-order valence-corrected chi connectivity index (χ2v) is 7.99. The number of benzene rings is 1. The van der Waals surface area contributed by atoms with Gasteiger partial charge in [-0.1, -0.05) is 88.1 Å². The summed E-state index contributed by atoms with van der Waals surface area (Å²) in [6.07, 6.45) is 15.1. The van der Waals surface area contributed by atoms with Crippen molar-refractivity contribution < 1.29 is 4.79 Å². The van der Waals surface area contributed by atoms with Crippen molar-refractivity contribution in [2.45, 2.75) is 83.2 Å². The smallest absolute Gasteiger partial charge is 0.263 e. The highest BCUT2D eigenvalue weighted by atomic mass is 16.1. The fourth-order valence-electron chi connectivity index (χ4n) is 3.85. The van der Waals surface area contributed by atoms with Gasteiger partial charge in [-0.2, -0.15) is 5.26 Å². The van der Waals surface area contributed by atoms with Crippen LogP contribution in [0.5, 0.6) is 0 Å². The minimum Gasteiger partial charge on any atom is -0.375 e. The van der Waals surface area contributed by atoms with Crippen LogP contribution >= 0.6 is 0 Å². The summed E-state index contributed by atoms with van der Waals surface area (Å²) in [6, 6.07) is 12.3. The molecule has 2 rings (SSSR count). The van der Waals surface area contributed by atoms with Crippen molar-refractivity contribution in [3.05, 3.63) is 47.7 Å². The van der Waals surface area contributed by atoms with E-state index in [4.69, 9.17) is 0 Å². The maximum Gasteiger partial charge on any atom is 0.263 e. The van der Waals surface area contributed by atoms with E-state index in [0.717, 1.165) is 31.2 Å². The summed E-state index contributed by atoms with van der Waals surface area (Å²) in [5.74, 6) is -0.237. The highest BCUT2D eigenvalue weighted by molar-refractivity contribution is 5.97. The van der Waals surface area contributed by atoms with E-state index in [1.54, 1.807) is 6.20 Å². The molecule has 0 saturated heterocycles. The van der Waals surface area contributed by atoms with Crippen LogP contribution in [-0.4, -0.2) is 23.9 Å². The number of nitrogens with one attached hydrogen (secondary N) is 1. The zero-order valence-corrected chi connectivity index (χ0v) is 17.3. The third kappa shape index (κ3) is 8.61. The minimum atomic E-state index is -0.237. The van der Waals surface area contributed by atoms with Gasteiger partial charge in [0.25, 0.3) is 5.91 Å². The van der Waals surface area contributed by atoms with Crippen LogP contribution in [-0.2, 0) is 11.3 Å². The molecule has 0 unspecified atom stereocenters. The number of nitrogens with zero attached hydrogens (tertiary/aromatic N) is 2. The molecule has 0 aliphatic heterocycles. The molecule has 1 saturated carbocycles. The van der Waals surface area contributed by atoms with Crippen LogP contribution in [0.4, 0.5) is 0 Å². The molecule has 1 N–H and O–H groups in total. The van der Waals surface area contributed by atoms with Gasteiger partial charge in [0, 0.05) is 25.8 Å². The first-order valence-corrected chi connectivity index (χ1v) is 10.9. The lowest BCUT2D eigenvalue weighted by Gasteiger charge is -2.20. The maximum atomic E-state index is 12.7. The minimum absolute atomic E-state index is 0.183. The summed E-state index contributed by atoms with van der Waals surface area (Å²) in [4.78, 5) is 14.6. The molecule has 0 radical (unpaired) electrons. The van der Waals surface area contributed by atoms with Crippen molar-refractivity contribution in [3.8, 4) is 6.07 Å². The number of hydrogen-bond acceptors (Lipinski definition) is 3. The second kappa shape index (κ2) is 13.0. The molecule has 1 aliphatic carbocycles. The Kier molecular flexibility index (Phi) is 10.2. The van der Waals surface area contributed by atoms with Crippen molar-refractivity contribution in [1.29, 1.82) is 5.26 Å². The number of carbonyl (C=O) groups excluding carboxylic acids is 1. The maximum absolute atomic E-state index is 12.7. The number of rotatable bonds is 5. The molecule has 1 aromatic carbocycles. The van der Waals surface area contributed by atoms with Crippen LogP contribution < -0.4 is 5.32 Å². The number of amides is 1. The Balaban J connectivity index is 1.91. The number of carbonyl (C=O) groups is 1. The standard InChI is InChI=1S/C24H35N3O/c1-27(19-21-14-10-9-11-15-21)20-22(18-25)24(28)26-23-16-12-7-5-3-2-4-6-8-13-17-23/h9-11,14-15,20,23H,2-8,12-13,16-17,19H2,1H3,(H,26,28)/b22-20-. The Labute approximate surface area is 170 Å². The lowest BCUT2D eigenvalue weighted by atomic mass is 9.97. The quantitative estimate of drug-likeness (QED) is 0.555. The van der Waals surface area contributed by atoms with E-state index in [0.29, 0.717) is 6.54 Å². The van der Waals surface area contributed by atoms with Crippen molar-refractivity contribution in [3.63, 3.8) is 0 Å². The predicted octanol–water partition coefficient (Wildman–Crippen LogP) is 5.32. The van der Waals surface area contributed by atoms with Crippen molar-refractivity contribution in [2.75, 3.05) is 7.05 Å². The summed E-state index contributed by atoms with van der Waals surface area (Å²) in [6.45, 7) is 0.669. The first kappa shape index (κ1) is 22.0. The zero-order valence-electron chi connectivity index (χ0n) is 17.3. The van der Waals surface area contributed by atoms with E-state index < -0.39 is 0 Å². The molecular weight excluding hydrogens is 346 g/mol. The van der Waals surface area contributed by atoms with Gasteiger partial charge in [-0.25, -0.2) is 0 Å². The van der Waals surface area contributed by atoms with Gasteiger partial charge in [0.15, 0.2) is 0 Å². The lowest BCUT2D eigenvalue weighted by molar-refractivity contribution is -0.118. The zero-order chi connectivity index (χ0) is 20.0. The predicted molar refractivity (Wildman–Crippen MR) is 114 cm³/mol. The Bertz CT molecular complexity index is 636. The largest absolute Gasteiger partial charge is 0.375 e. The third-order valence-corrected chi connectivity index (χ3v) is 5.43. The van der Waals surface area contributed by atoms with E-state index >= 15 is 0 Å². The first-order chi connectivity index (χ1) is 13.7. The topological polar surface area (TPSA) is 56.1 Å². The molecular formula is C24H35N3O. The molecule has 1 amide bonds. The number of nitriles is 1. The van der Waals surface area contributed by atoms with Crippen LogP contribution in [0.15, 0.2) is 42.1 Å². The monoisotopic (exact) mass is 381 g/mol. The molecule has 1 aromatic rings. The van der Waals surface area contributed by atoms with Crippen molar-refractivity contribution in [2.24, 2.45) is 0 Å². The summed E-state index contributed by atoms with van der Waals surface area (Å²) in [5.41, 5.74) is 1.34. The Morgan fingerprint density at radius 1 is 1.04 bits per heavy atom. The fourth-order valence-corrected chi connectivity index (χ4v) is 3.85. The van der Waals surface area contributed by atoms with Gasteiger partial charge in [-0.3, -0.25) is 4.79 Å². The van der Waals surface area contributed by atoms with Crippen LogP contribution in [0.2, 0.25) is 0 Å². The van der Waals surface area contributed by atoms with Crippen LogP contribution in [0.1, 0.15) is 76.2 Å². The van der Waals surface area contributed by atoms with E-state index in [9.17, 15) is 10.1 Å². The van der Waals surface area contributed by atoms with Crippen LogP contribution in [0.3, 0.4) is 0 Å². The summed E-state index contributed by atoms with van der Waals surface area (Å²) in [5, 5.41) is 12.6. The molecule has 4 nitrogen and oxygen atoms in total. The van der Waals surface area contributed by atoms with Gasteiger partial charge in [0.05, 0.1) is 0 Å². The number of hydrogen-bond donors (Lipinski definition) is 1. The van der Waals surface area contributed by atoms with Gasteiger partial charge in [-0.05, 0) is 18.4 Å². The van der Waals surface area contributed by atoms with Gasteiger partial charge in [0.1, 0.15) is 11.6 Å². The average Bonchev–Trinajstić information content (AvgIpc) is 2.69. The lowest BCUT2D eigenvalue weighted by Crippen LogP contribution is -2.36. The van der Waals surface area contributed by atoms with Crippen molar-refractivity contribution >= 4 is 5.91 Å². The Morgan fingerprint density at radius 2 is 1.57 bits per heavy atom.